The van der Waals surface area contributed by atoms with Gasteiger partial charge in [-0.05, 0) is 18.2 Å². The molecular weight excluding hydrogens is 274 g/mol. The first kappa shape index (κ1) is 14.8. The van der Waals surface area contributed by atoms with Gasteiger partial charge in [-0.3, -0.25) is 4.79 Å². The van der Waals surface area contributed by atoms with Crippen molar-refractivity contribution in [2.24, 2.45) is 0 Å². The van der Waals surface area contributed by atoms with Gasteiger partial charge in [-0.1, -0.05) is 12.1 Å². The summed E-state index contributed by atoms with van der Waals surface area (Å²) in [5, 5.41) is 6.49. The number of nitrogens with zero attached hydrogens (tertiary/aromatic N) is 2. The molecule has 0 fully saturated rings. The molecule has 1 heterocycles. The summed E-state index contributed by atoms with van der Waals surface area (Å²) in [7, 11) is 3.06. The number of carbonyl (C=O) groups is 1. The number of hydrogen-bond acceptors (Lipinski definition) is 6. The number of hydrogen-bond donors (Lipinski definition) is 1. The molecule has 21 heavy (non-hydrogen) atoms. The van der Waals surface area contributed by atoms with Crippen LogP contribution in [0.3, 0.4) is 0 Å². The van der Waals surface area contributed by atoms with Crippen molar-refractivity contribution < 1.29 is 18.8 Å². The van der Waals surface area contributed by atoms with Crippen LogP contribution < -0.4 is 14.8 Å². The highest BCUT2D eigenvalue weighted by Crippen LogP contribution is 2.27. The molecule has 0 saturated carbocycles. The number of rotatable bonds is 6. The summed E-state index contributed by atoms with van der Waals surface area (Å²) in [5.41, 5.74) is 0.465. The smallest absolute Gasteiger partial charge is 0.251 e. The van der Waals surface area contributed by atoms with E-state index in [9.17, 15) is 4.79 Å². The van der Waals surface area contributed by atoms with Gasteiger partial charge in [0, 0.05) is 12.0 Å². The van der Waals surface area contributed by atoms with E-state index in [4.69, 9.17) is 14.0 Å². The van der Waals surface area contributed by atoms with Gasteiger partial charge in [0.25, 0.3) is 5.91 Å². The number of amides is 1. The van der Waals surface area contributed by atoms with E-state index in [2.05, 4.69) is 15.5 Å². The molecule has 2 rings (SSSR count). The molecule has 7 nitrogen and oxygen atoms in total. The molecule has 0 aliphatic rings. The zero-order valence-corrected chi connectivity index (χ0v) is 12.2. The van der Waals surface area contributed by atoms with Gasteiger partial charge in [-0.2, -0.15) is 4.98 Å². The summed E-state index contributed by atoms with van der Waals surface area (Å²) in [6, 6.07) is 4.95. The summed E-state index contributed by atoms with van der Waals surface area (Å²) in [6.07, 6.45) is 0.663. The lowest BCUT2D eigenvalue weighted by atomic mass is 10.2. The number of methoxy groups -OCH3 is 2. The largest absolute Gasteiger partial charge is 0.493 e. The first-order valence-electron chi connectivity index (χ1n) is 6.49. The highest BCUT2D eigenvalue weighted by atomic mass is 16.5. The molecule has 2 aromatic rings. The third kappa shape index (κ3) is 3.50. The maximum Gasteiger partial charge on any atom is 0.251 e. The monoisotopic (exact) mass is 291 g/mol. The Hall–Kier alpha value is -2.57. The third-order valence-corrected chi connectivity index (χ3v) is 2.87. The normalized spacial score (nSPS) is 10.2. The van der Waals surface area contributed by atoms with Gasteiger partial charge >= 0.3 is 0 Å². The minimum atomic E-state index is -0.251. The lowest BCUT2D eigenvalue weighted by Crippen LogP contribution is -2.23. The first-order valence-corrected chi connectivity index (χ1v) is 6.49. The topological polar surface area (TPSA) is 86.5 Å². The zero-order valence-electron chi connectivity index (χ0n) is 12.2. The molecule has 0 saturated heterocycles. The first-order chi connectivity index (χ1) is 10.2. The number of benzene rings is 1. The van der Waals surface area contributed by atoms with Crippen molar-refractivity contribution in [3.63, 3.8) is 0 Å². The lowest BCUT2D eigenvalue weighted by Gasteiger charge is -2.09. The van der Waals surface area contributed by atoms with E-state index in [1.54, 1.807) is 25.3 Å². The molecular formula is C14H17N3O4. The van der Waals surface area contributed by atoms with E-state index in [1.807, 2.05) is 6.92 Å². The van der Waals surface area contributed by atoms with Crippen LogP contribution in [-0.4, -0.2) is 30.3 Å². The number of carbonyl (C=O) groups excluding carboxylic acids is 1. The van der Waals surface area contributed by atoms with Crippen LogP contribution in [0, 0.1) is 0 Å². The number of aryl methyl sites for hydroxylation is 1. The molecule has 0 aliphatic heterocycles. The number of aromatic nitrogens is 2. The SMILES string of the molecule is CCc1nc(CNC(=O)c2ccc(OC)c(OC)c2)no1. The standard InChI is InChI=1S/C14H17N3O4/c1-4-13-16-12(17-21-13)8-15-14(18)9-5-6-10(19-2)11(7-9)20-3/h5-7H,4,8H2,1-3H3,(H,15,18). The van der Waals surface area contributed by atoms with Crippen LogP contribution in [0.15, 0.2) is 22.7 Å². The Morgan fingerprint density at radius 1 is 1.29 bits per heavy atom. The number of nitrogens with one attached hydrogen (secondary N) is 1. The average Bonchev–Trinajstić information content (AvgIpc) is 2.99. The Morgan fingerprint density at radius 2 is 2.05 bits per heavy atom. The van der Waals surface area contributed by atoms with Gasteiger partial charge in [-0.15, -0.1) is 0 Å². The second-order valence-corrected chi connectivity index (χ2v) is 4.21. The van der Waals surface area contributed by atoms with Gasteiger partial charge in [0.2, 0.25) is 5.89 Å². The van der Waals surface area contributed by atoms with Crippen molar-refractivity contribution in [3.8, 4) is 11.5 Å². The number of ether oxygens (including phenoxy) is 2. The van der Waals surface area contributed by atoms with Crippen molar-refractivity contribution in [3.05, 3.63) is 35.5 Å². The maximum atomic E-state index is 12.1. The fourth-order valence-electron chi connectivity index (χ4n) is 1.74. The Morgan fingerprint density at radius 3 is 2.67 bits per heavy atom. The lowest BCUT2D eigenvalue weighted by molar-refractivity contribution is 0.0949. The summed E-state index contributed by atoms with van der Waals surface area (Å²) >= 11 is 0. The molecule has 0 spiro atoms. The maximum absolute atomic E-state index is 12.1. The van der Waals surface area contributed by atoms with Crippen molar-refractivity contribution >= 4 is 5.91 Å². The van der Waals surface area contributed by atoms with E-state index in [0.717, 1.165) is 0 Å². The van der Waals surface area contributed by atoms with E-state index in [-0.39, 0.29) is 12.5 Å². The van der Waals surface area contributed by atoms with Crippen LogP contribution in [0.2, 0.25) is 0 Å². The molecule has 0 atom stereocenters. The molecule has 112 valence electrons. The van der Waals surface area contributed by atoms with Crippen LogP contribution in [0.5, 0.6) is 11.5 Å². The van der Waals surface area contributed by atoms with Crippen LogP contribution >= 0.6 is 0 Å². The van der Waals surface area contributed by atoms with Gasteiger partial charge in [0.1, 0.15) is 0 Å². The highest BCUT2D eigenvalue weighted by Gasteiger charge is 2.12. The Labute approximate surface area is 122 Å². The van der Waals surface area contributed by atoms with Gasteiger partial charge in [0.15, 0.2) is 17.3 Å². The van der Waals surface area contributed by atoms with Crippen molar-refractivity contribution in [1.29, 1.82) is 0 Å². The van der Waals surface area contributed by atoms with E-state index >= 15 is 0 Å². The summed E-state index contributed by atoms with van der Waals surface area (Å²) in [6.45, 7) is 2.12. The zero-order chi connectivity index (χ0) is 15.2. The molecule has 0 unspecified atom stereocenters. The van der Waals surface area contributed by atoms with Crippen LogP contribution in [0.25, 0.3) is 0 Å². The van der Waals surface area contributed by atoms with Gasteiger partial charge < -0.3 is 19.3 Å². The molecule has 1 N–H and O–H groups in total. The molecule has 0 bridgehead atoms. The van der Waals surface area contributed by atoms with Crippen LogP contribution in [-0.2, 0) is 13.0 Å². The highest BCUT2D eigenvalue weighted by molar-refractivity contribution is 5.94. The summed E-state index contributed by atoms with van der Waals surface area (Å²) in [4.78, 5) is 16.2. The molecule has 7 heteroatoms. The second kappa shape index (κ2) is 6.74. The molecule has 1 aromatic heterocycles. The van der Waals surface area contributed by atoms with E-state index in [0.29, 0.717) is 35.2 Å². The molecule has 0 radical (unpaired) electrons. The van der Waals surface area contributed by atoms with Crippen molar-refractivity contribution in [2.45, 2.75) is 19.9 Å². The van der Waals surface area contributed by atoms with Crippen LogP contribution in [0.4, 0.5) is 0 Å². The Bertz CT molecular complexity index is 624. The minimum Gasteiger partial charge on any atom is -0.493 e. The van der Waals surface area contributed by atoms with E-state index < -0.39 is 0 Å². The average molecular weight is 291 g/mol. The minimum absolute atomic E-state index is 0.205. The fourth-order valence-corrected chi connectivity index (χ4v) is 1.74. The van der Waals surface area contributed by atoms with Crippen molar-refractivity contribution in [1.82, 2.24) is 15.5 Å². The molecule has 1 amide bonds. The van der Waals surface area contributed by atoms with Crippen LogP contribution in [0.1, 0.15) is 29.0 Å². The molecule has 1 aromatic carbocycles. The Kier molecular flexibility index (Phi) is 4.76. The van der Waals surface area contributed by atoms with E-state index in [1.165, 1.54) is 7.11 Å². The summed E-state index contributed by atoms with van der Waals surface area (Å²) < 4.78 is 15.3. The summed E-state index contributed by atoms with van der Waals surface area (Å²) in [5.74, 6) is 1.81. The third-order valence-electron chi connectivity index (χ3n) is 2.87. The predicted molar refractivity (Wildman–Crippen MR) is 74.4 cm³/mol. The van der Waals surface area contributed by atoms with Gasteiger partial charge in [0.05, 0.1) is 20.8 Å². The fraction of sp³-hybridized carbons (Fsp3) is 0.357. The van der Waals surface area contributed by atoms with Gasteiger partial charge in [-0.25, -0.2) is 0 Å². The van der Waals surface area contributed by atoms with Crippen molar-refractivity contribution in [2.75, 3.05) is 14.2 Å². The predicted octanol–water partition coefficient (Wildman–Crippen LogP) is 1.58. The molecule has 0 aliphatic carbocycles. The quantitative estimate of drug-likeness (QED) is 0.869. The Balaban J connectivity index is 2.02. The second-order valence-electron chi connectivity index (χ2n) is 4.21.